The molecule has 4 nitrogen and oxygen atoms in total. The van der Waals surface area contributed by atoms with Crippen LogP contribution in [0, 0.1) is 0 Å². The zero-order valence-corrected chi connectivity index (χ0v) is 12.8. The number of aromatic nitrogens is 1. The van der Waals surface area contributed by atoms with Gasteiger partial charge in [-0.3, -0.25) is 0 Å². The lowest BCUT2D eigenvalue weighted by Crippen LogP contribution is -2.11. The van der Waals surface area contributed by atoms with Crippen LogP contribution in [0.2, 0.25) is 0 Å². The summed E-state index contributed by atoms with van der Waals surface area (Å²) in [5.41, 5.74) is 1.23. The molecule has 0 atom stereocenters. The highest BCUT2D eigenvalue weighted by Crippen LogP contribution is 2.22. The molecule has 1 N–H and O–H groups in total. The Kier molecular flexibility index (Phi) is 5.43. The van der Waals surface area contributed by atoms with Gasteiger partial charge in [0.1, 0.15) is 5.75 Å². The highest BCUT2D eigenvalue weighted by atomic mass is 16.5. The Bertz CT molecular complexity index is 570. The van der Waals surface area contributed by atoms with Gasteiger partial charge >= 0.3 is 0 Å². The first-order chi connectivity index (χ1) is 10.2. The number of methoxy groups -OCH3 is 1. The lowest BCUT2D eigenvalue weighted by atomic mass is 10.1. The SMILES string of the molecule is COc1cccc(CCNc2ncccc2OC(C)C)c1. The van der Waals surface area contributed by atoms with E-state index < -0.39 is 0 Å². The number of nitrogens with one attached hydrogen (secondary N) is 1. The molecule has 4 heteroatoms. The minimum atomic E-state index is 0.133. The van der Waals surface area contributed by atoms with Crippen molar-refractivity contribution in [2.24, 2.45) is 0 Å². The minimum Gasteiger partial charge on any atom is -0.497 e. The number of benzene rings is 1. The summed E-state index contributed by atoms with van der Waals surface area (Å²) in [7, 11) is 1.68. The van der Waals surface area contributed by atoms with Crippen molar-refractivity contribution in [1.82, 2.24) is 4.98 Å². The van der Waals surface area contributed by atoms with E-state index in [9.17, 15) is 0 Å². The van der Waals surface area contributed by atoms with Gasteiger partial charge in [0.15, 0.2) is 11.6 Å². The van der Waals surface area contributed by atoms with Crippen LogP contribution in [0.3, 0.4) is 0 Å². The first-order valence-corrected chi connectivity index (χ1v) is 7.17. The van der Waals surface area contributed by atoms with Crippen LogP contribution in [0.4, 0.5) is 5.82 Å². The van der Waals surface area contributed by atoms with E-state index in [1.165, 1.54) is 5.56 Å². The molecule has 0 bridgehead atoms. The fourth-order valence-corrected chi connectivity index (χ4v) is 2.03. The number of hydrogen-bond donors (Lipinski definition) is 1. The van der Waals surface area contributed by atoms with Crippen molar-refractivity contribution in [3.8, 4) is 11.5 Å². The van der Waals surface area contributed by atoms with Crippen molar-refractivity contribution in [2.45, 2.75) is 26.4 Å². The molecule has 1 heterocycles. The predicted molar refractivity (Wildman–Crippen MR) is 85.2 cm³/mol. The van der Waals surface area contributed by atoms with Gasteiger partial charge in [-0.25, -0.2) is 4.98 Å². The summed E-state index contributed by atoms with van der Waals surface area (Å²) in [6.07, 6.45) is 2.80. The number of anilines is 1. The fourth-order valence-electron chi connectivity index (χ4n) is 2.03. The quantitative estimate of drug-likeness (QED) is 0.845. The van der Waals surface area contributed by atoms with Gasteiger partial charge in [0.2, 0.25) is 0 Å². The number of nitrogens with zero attached hydrogens (tertiary/aromatic N) is 1. The molecule has 1 aromatic heterocycles. The van der Waals surface area contributed by atoms with E-state index in [-0.39, 0.29) is 6.10 Å². The molecule has 0 aliphatic heterocycles. The van der Waals surface area contributed by atoms with Gasteiger partial charge in [-0.05, 0) is 50.1 Å². The second-order valence-electron chi connectivity index (χ2n) is 5.05. The van der Waals surface area contributed by atoms with E-state index in [1.807, 2.05) is 44.2 Å². The molecule has 2 aromatic rings. The van der Waals surface area contributed by atoms with Crippen molar-refractivity contribution in [1.29, 1.82) is 0 Å². The van der Waals surface area contributed by atoms with E-state index in [0.717, 1.165) is 30.3 Å². The predicted octanol–water partition coefficient (Wildman–Crippen LogP) is 3.53. The van der Waals surface area contributed by atoms with Crippen molar-refractivity contribution in [3.05, 3.63) is 48.2 Å². The maximum absolute atomic E-state index is 5.74. The summed E-state index contributed by atoms with van der Waals surface area (Å²) in [5, 5.41) is 3.33. The number of rotatable bonds is 7. The zero-order chi connectivity index (χ0) is 15.1. The smallest absolute Gasteiger partial charge is 0.168 e. The molecule has 0 fully saturated rings. The van der Waals surface area contributed by atoms with Crippen LogP contribution in [-0.2, 0) is 6.42 Å². The Morgan fingerprint density at radius 1 is 1.19 bits per heavy atom. The molecule has 1 aromatic carbocycles. The van der Waals surface area contributed by atoms with E-state index >= 15 is 0 Å². The molecule has 0 aliphatic rings. The molecule has 0 aliphatic carbocycles. The third-order valence-electron chi connectivity index (χ3n) is 2.97. The average molecular weight is 286 g/mol. The van der Waals surface area contributed by atoms with Crippen LogP contribution < -0.4 is 14.8 Å². The van der Waals surface area contributed by atoms with Gasteiger partial charge in [0, 0.05) is 12.7 Å². The molecule has 0 saturated heterocycles. The van der Waals surface area contributed by atoms with Crippen molar-refractivity contribution >= 4 is 5.82 Å². The molecule has 0 spiro atoms. The van der Waals surface area contributed by atoms with E-state index in [1.54, 1.807) is 13.3 Å². The third kappa shape index (κ3) is 4.67. The molecule has 0 amide bonds. The van der Waals surface area contributed by atoms with E-state index in [2.05, 4.69) is 16.4 Å². The highest BCUT2D eigenvalue weighted by Gasteiger charge is 2.06. The van der Waals surface area contributed by atoms with Crippen molar-refractivity contribution in [3.63, 3.8) is 0 Å². The standard InChI is InChI=1S/C17H22N2O2/c1-13(2)21-16-8-5-10-18-17(16)19-11-9-14-6-4-7-15(12-14)20-3/h4-8,10,12-13H,9,11H2,1-3H3,(H,18,19). The summed E-state index contributed by atoms with van der Waals surface area (Å²) < 4.78 is 11.0. The van der Waals surface area contributed by atoms with Gasteiger partial charge in [-0.2, -0.15) is 0 Å². The minimum absolute atomic E-state index is 0.133. The van der Waals surface area contributed by atoms with Crippen LogP contribution in [-0.4, -0.2) is 24.7 Å². The molecule has 0 unspecified atom stereocenters. The Morgan fingerprint density at radius 3 is 2.81 bits per heavy atom. The van der Waals surface area contributed by atoms with Gasteiger partial charge in [0.05, 0.1) is 13.2 Å². The topological polar surface area (TPSA) is 43.4 Å². The summed E-state index contributed by atoms with van der Waals surface area (Å²) >= 11 is 0. The fraction of sp³-hybridized carbons (Fsp3) is 0.353. The molecular formula is C17H22N2O2. The summed E-state index contributed by atoms with van der Waals surface area (Å²) in [6, 6.07) is 11.9. The molecule has 0 radical (unpaired) electrons. The Balaban J connectivity index is 1.94. The second kappa shape index (κ2) is 7.53. The first kappa shape index (κ1) is 15.2. The Labute approximate surface area is 126 Å². The van der Waals surface area contributed by atoms with Gasteiger partial charge in [-0.15, -0.1) is 0 Å². The maximum Gasteiger partial charge on any atom is 0.168 e. The van der Waals surface area contributed by atoms with E-state index in [0.29, 0.717) is 0 Å². The van der Waals surface area contributed by atoms with Crippen molar-refractivity contribution < 1.29 is 9.47 Å². The van der Waals surface area contributed by atoms with Crippen LogP contribution >= 0.6 is 0 Å². The largest absolute Gasteiger partial charge is 0.497 e. The number of ether oxygens (including phenoxy) is 2. The summed E-state index contributed by atoms with van der Waals surface area (Å²) in [5.74, 6) is 2.46. The normalized spacial score (nSPS) is 10.5. The Hall–Kier alpha value is -2.23. The molecule has 112 valence electrons. The van der Waals surface area contributed by atoms with Crippen LogP contribution in [0.15, 0.2) is 42.6 Å². The van der Waals surface area contributed by atoms with Gasteiger partial charge in [-0.1, -0.05) is 12.1 Å². The number of pyridine rings is 1. The van der Waals surface area contributed by atoms with Crippen LogP contribution in [0.1, 0.15) is 19.4 Å². The first-order valence-electron chi connectivity index (χ1n) is 7.17. The monoisotopic (exact) mass is 286 g/mol. The molecular weight excluding hydrogens is 264 g/mol. The molecule has 21 heavy (non-hydrogen) atoms. The third-order valence-corrected chi connectivity index (χ3v) is 2.97. The van der Waals surface area contributed by atoms with Crippen LogP contribution in [0.25, 0.3) is 0 Å². The molecule has 2 rings (SSSR count). The van der Waals surface area contributed by atoms with Crippen LogP contribution in [0.5, 0.6) is 11.5 Å². The molecule has 0 saturated carbocycles. The lowest BCUT2D eigenvalue weighted by molar-refractivity contribution is 0.243. The van der Waals surface area contributed by atoms with Gasteiger partial charge < -0.3 is 14.8 Å². The summed E-state index contributed by atoms with van der Waals surface area (Å²) in [4.78, 5) is 4.34. The van der Waals surface area contributed by atoms with Gasteiger partial charge in [0.25, 0.3) is 0 Å². The van der Waals surface area contributed by atoms with Crippen molar-refractivity contribution in [2.75, 3.05) is 19.0 Å². The lowest BCUT2D eigenvalue weighted by Gasteiger charge is -2.14. The zero-order valence-electron chi connectivity index (χ0n) is 12.8. The number of hydrogen-bond acceptors (Lipinski definition) is 4. The highest BCUT2D eigenvalue weighted by molar-refractivity contribution is 5.49. The summed E-state index contributed by atoms with van der Waals surface area (Å²) in [6.45, 7) is 4.80. The Morgan fingerprint density at radius 2 is 2.05 bits per heavy atom. The second-order valence-corrected chi connectivity index (χ2v) is 5.05. The average Bonchev–Trinajstić information content (AvgIpc) is 2.49. The maximum atomic E-state index is 5.74. The van der Waals surface area contributed by atoms with E-state index in [4.69, 9.17) is 9.47 Å².